The maximum atomic E-state index is 13.2. The minimum Gasteiger partial charge on any atom is -0.381 e. The van der Waals surface area contributed by atoms with E-state index in [9.17, 15) is 4.39 Å². The Morgan fingerprint density at radius 2 is 1.67 bits per heavy atom. The summed E-state index contributed by atoms with van der Waals surface area (Å²) < 4.78 is 13.2. The van der Waals surface area contributed by atoms with E-state index >= 15 is 0 Å². The third-order valence-electron chi connectivity index (χ3n) is 3.17. The molecular weight excluding hydrogens is 225 g/mol. The summed E-state index contributed by atoms with van der Waals surface area (Å²) in [6, 6.07) is 11.2. The van der Waals surface area contributed by atoms with E-state index in [0.717, 1.165) is 17.8 Å². The highest BCUT2D eigenvalue weighted by molar-refractivity contribution is 5.51. The summed E-state index contributed by atoms with van der Waals surface area (Å²) in [6.07, 6.45) is 0. The maximum absolute atomic E-state index is 13.2. The van der Waals surface area contributed by atoms with Crippen LogP contribution >= 0.6 is 0 Å². The van der Waals surface area contributed by atoms with Crippen molar-refractivity contribution >= 4 is 5.69 Å². The predicted octanol–water partition coefficient (Wildman–Crippen LogP) is 4.36. The highest BCUT2D eigenvalue weighted by Gasteiger charge is 2.02. The van der Waals surface area contributed by atoms with Crippen LogP contribution in [-0.2, 0) is 6.54 Å². The molecule has 0 fully saturated rings. The van der Waals surface area contributed by atoms with Crippen molar-refractivity contribution in [3.05, 3.63) is 64.5 Å². The van der Waals surface area contributed by atoms with E-state index in [0.29, 0.717) is 0 Å². The molecule has 0 amide bonds. The lowest BCUT2D eigenvalue weighted by molar-refractivity contribution is 0.628. The largest absolute Gasteiger partial charge is 0.381 e. The van der Waals surface area contributed by atoms with Crippen LogP contribution in [0.2, 0.25) is 0 Å². The molecule has 18 heavy (non-hydrogen) atoms. The third-order valence-corrected chi connectivity index (χ3v) is 3.17. The molecule has 0 radical (unpaired) electrons. The van der Waals surface area contributed by atoms with E-state index in [4.69, 9.17) is 0 Å². The highest BCUT2D eigenvalue weighted by atomic mass is 19.1. The van der Waals surface area contributed by atoms with Crippen molar-refractivity contribution in [2.75, 3.05) is 5.32 Å². The summed E-state index contributed by atoms with van der Waals surface area (Å²) in [5, 5.41) is 3.30. The van der Waals surface area contributed by atoms with Gasteiger partial charge in [-0.2, -0.15) is 0 Å². The average Bonchev–Trinajstić information content (AvgIpc) is 2.34. The van der Waals surface area contributed by atoms with Gasteiger partial charge < -0.3 is 5.32 Å². The number of halogens is 1. The first-order chi connectivity index (χ1) is 8.56. The van der Waals surface area contributed by atoms with Crippen molar-refractivity contribution in [2.24, 2.45) is 0 Å². The smallest absolute Gasteiger partial charge is 0.125 e. The number of rotatable bonds is 3. The Labute approximate surface area is 108 Å². The normalized spacial score (nSPS) is 10.4. The Bertz CT molecular complexity index is 510. The number of benzene rings is 2. The van der Waals surface area contributed by atoms with Crippen molar-refractivity contribution in [1.29, 1.82) is 0 Å². The van der Waals surface area contributed by atoms with Crippen LogP contribution in [0.1, 0.15) is 22.3 Å². The van der Waals surface area contributed by atoms with Crippen LogP contribution in [0.25, 0.3) is 0 Å². The molecule has 0 saturated carbocycles. The molecule has 2 aromatic rings. The minimum absolute atomic E-state index is 0.205. The van der Waals surface area contributed by atoms with Gasteiger partial charge in [0.15, 0.2) is 0 Å². The minimum atomic E-state index is -0.205. The molecule has 2 heteroatoms. The highest BCUT2D eigenvalue weighted by Crippen LogP contribution is 2.18. The third kappa shape index (κ3) is 2.89. The second-order valence-electron chi connectivity index (χ2n) is 4.74. The summed E-state index contributed by atoms with van der Waals surface area (Å²) in [7, 11) is 0. The van der Waals surface area contributed by atoms with Gasteiger partial charge in [0.05, 0.1) is 0 Å². The SMILES string of the molecule is Cc1ccc(C)c(CNc2cc(F)ccc2C)c1. The summed E-state index contributed by atoms with van der Waals surface area (Å²) >= 11 is 0. The van der Waals surface area contributed by atoms with Gasteiger partial charge in [-0.3, -0.25) is 0 Å². The van der Waals surface area contributed by atoms with Crippen molar-refractivity contribution in [3.8, 4) is 0 Å². The van der Waals surface area contributed by atoms with E-state index in [1.165, 1.54) is 22.8 Å². The van der Waals surface area contributed by atoms with Crippen molar-refractivity contribution in [1.82, 2.24) is 0 Å². The molecule has 0 aliphatic rings. The Morgan fingerprint density at radius 3 is 2.44 bits per heavy atom. The second kappa shape index (κ2) is 5.21. The molecule has 2 aromatic carbocycles. The molecule has 0 saturated heterocycles. The molecule has 0 aromatic heterocycles. The first kappa shape index (κ1) is 12.6. The van der Waals surface area contributed by atoms with Crippen molar-refractivity contribution in [2.45, 2.75) is 27.3 Å². The predicted molar refractivity (Wildman–Crippen MR) is 74.4 cm³/mol. The molecule has 0 atom stereocenters. The van der Waals surface area contributed by atoms with E-state index in [1.807, 2.05) is 6.92 Å². The van der Waals surface area contributed by atoms with Crippen molar-refractivity contribution < 1.29 is 4.39 Å². The number of hydrogen-bond acceptors (Lipinski definition) is 1. The van der Waals surface area contributed by atoms with Crippen molar-refractivity contribution in [3.63, 3.8) is 0 Å². The monoisotopic (exact) mass is 243 g/mol. The average molecular weight is 243 g/mol. The Kier molecular flexibility index (Phi) is 3.66. The van der Waals surface area contributed by atoms with E-state index in [2.05, 4.69) is 37.4 Å². The fourth-order valence-corrected chi connectivity index (χ4v) is 1.97. The van der Waals surface area contributed by atoms with Gasteiger partial charge >= 0.3 is 0 Å². The van der Waals surface area contributed by atoms with E-state index < -0.39 is 0 Å². The zero-order chi connectivity index (χ0) is 13.1. The molecular formula is C16H18FN. The number of anilines is 1. The lowest BCUT2D eigenvalue weighted by Gasteiger charge is -2.12. The lowest BCUT2D eigenvalue weighted by atomic mass is 10.1. The molecule has 1 N–H and O–H groups in total. The molecule has 0 aliphatic heterocycles. The molecule has 0 heterocycles. The molecule has 94 valence electrons. The Balaban J connectivity index is 2.16. The maximum Gasteiger partial charge on any atom is 0.125 e. The number of nitrogens with one attached hydrogen (secondary N) is 1. The Hall–Kier alpha value is -1.83. The van der Waals surface area contributed by atoms with Crippen LogP contribution in [0.3, 0.4) is 0 Å². The zero-order valence-electron chi connectivity index (χ0n) is 11.0. The van der Waals surface area contributed by atoms with Crippen LogP contribution in [0.15, 0.2) is 36.4 Å². The Morgan fingerprint density at radius 1 is 0.944 bits per heavy atom. The van der Waals surface area contributed by atoms with Gasteiger partial charge in [-0.1, -0.05) is 29.8 Å². The van der Waals surface area contributed by atoms with Crippen LogP contribution in [-0.4, -0.2) is 0 Å². The standard InChI is InChI=1S/C16H18FN/c1-11-4-5-12(2)14(8-11)10-18-16-9-15(17)7-6-13(16)3/h4-9,18H,10H2,1-3H3. The summed E-state index contributed by atoms with van der Waals surface area (Å²) in [5.41, 5.74) is 5.66. The van der Waals surface area contributed by atoms with Gasteiger partial charge in [-0.15, -0.1) is 0 Å². The first-order valence-electron chi connectivity index (χ1n) is 6.12. The van der Waals surface area contributed by atoms with Gasteiger partial charge in [0.25, 0.3) is 0 Å². The van der Waals surface area contributed by atoms with Gasteiger partial charge in [0.2, 0.25) is 0 Å². The molecule has 2 rings (SSSR count). The van der Waals surface area contributed by atoms with E-state index in [-0.39, 0.29) is 5.82 Å². The lowest BCUT2D eigenvalue weighted by Crippen LogP contribution is -2.03. The topological polar surface area (TPSA) is 12.0 Å². The van der Waals surface area contributed by atoms with Crippen LogP contribution in [0.4, 0.5) is 10.1 Å². The fraction of sp³-hybridized carbons (Fsp3) is 0.250. The molecule has 0 spiro atoms. The van der Waals surface area contributed by atoms with Gasteiger partial charge in [0.1, 0.15) is 5.82 Å². The second-order valence-corrected chi connectivity index (χ2v) is 4.74. The van der Waals surface area contributed by atoms with Gasteiger partial charge in [-0.05, 0) is 49.6 Å². The van der Waals surface area contributed by atoms with E-state index in [1.54, 1.807) is 12.1 Å². The molecule has 0 unspecified atom stereocenters. The summed E-state index contributed by atoms with van der Waals surface area (Å²) in [5.74, 6) is -0.205. The zero-order valence-corrected chi connectivity index (χ0v) is 11.0. The van der Waals surface area contributed by atoms with Gasteiger partial charge in [-0.25, -0.2) is 4.39 Å². The molecule has 0 bridgehead atoms. The molecule has 1 nitrogen and oxygen atoms in total. The quantitative estimate of drug-likeness (QED) is 0.844. The van der Waals surface area contributed by atoms with Gasteiger partial charge in [0, 0.05) is 12.2 Å². The number of hydrogen-bond donors (Lipinski definition) is 1. The van der Waals surface area contributed by atoms with Crippen LogP contribution in [0, 0.1) is 26.6 Å². The summed E-state index contributed by atoms with van der Waals surface area (Å²) in [6.45, 7) is 6.87. The summed E-state index contributed by atoms with van der Waals surface area (Å²) in [4.78, 5) is 0. The van der Waals surface area contributed by atoms with Crippen LogP contribution < -0.4 is 5.32 Å². The first-order valence-corrected chi connectivity index (χ1v) is 6.12. The van der Waals surface area contributed by atoms with Crippen LogP contribution in [0.5, 0.6) is 0 Å². The molecule has 0 aliphatic carbocycles. The fourth-order valence-electron chi connectivity index (χ4n) is 1.97. The number of aryl methyl sites for hydroxylation is 3.